The lowest BCUT2D eigenvalue weighted by Crippen LogP contribution is -1.92. The van der Waals surface area contributed by atoms with Gasteiger partial charge in [-0.15, -0.1) is 11.6 Å². The van der Waals surface area contributed by atoms with Crippen molar-refractivity contribution in [3.05, 3.63) is 53.9 Å². The molecule has 2 rings (SSSR count). The largest absolute Gasteiger partial charge is 0.457 e. The van der Waals surface area contributed by atoms with Gasteiger partial charge in [0.25, 0.3) is 0 Å². The summed E-state index contributed by atoms with van der Waals surface area (Å²) in [5, 5.41) is 0. The van der Waals surface area contributed by atoms with E-state index in [1.165, 1.54) is 0 Å². The van der Waals surface area contributed by atoms with Crippen LogP contribution in [0, 0.1) is 0 Å². The maximum absolute atomic E-state index is 5.84. The maximum atomic E-state index is 5.84. The fourth-order valence-corrected chi connectivity index (χ4v) is 1.81. The number of ether oxygens (including phenoxy) is 2. The van der Waals surface area contributed by atoms with Crippen LogP contribution in [0.4, 0.5) is 0 Å². The first-order valence-corrected chi connectivity index (χ1v) is 6.11. The van der Waals surface area contributed by atoms with E-state index >= 15 is 0 Å². The molecular formula is C14H14ClNO2. The Morgan fingerprint density at radius 2 is 2.17 bits per heavy atom. The number of aromatic nitrogens is 1. The lowest BCUT2D eigenvalue weighted by molar-refractivity contribution is 0.184. The molecular weight excluding hydrogens is 250 g/mol. The first-order valence-electron chi connectivity index (χ1n) is 5.58. The second-order valence-electron chi connectivity index (χ2n) is 3.80. The van der Waals surface area contributed by atoms with Gasteiger partial charge in [0.15, 0.2) is 0 Å². The second kappa shape index (κ2) is 6.38. The normalized spacial score (nSPS) is 10.3. The fraction of sp³-hybridized carbons (Fsp3) is 0.214. The third-order valence-corrected chi connectivity index (χ3v) is 2.73. The highest BCUT2D eigenvalue weighted by Crippen LogP contribution is 2.26. The molecule has 2 aromatic rings. The molecule has 3 nitrogen and oxygen atoms in total. The summed E-state index contributed by atoms with van der Waals surface area (Å²) >= 11 is 5.84. The van der Waals surface area contributed by atoms with Gasteiger partial charge in [-0.3, -0.25) is 4.98 Å². The molecule has 0 fully saturated rings. The molecule has 0 aliphatic rings. The van der Waals surface area contributed by atoms with Crippen LogP contribution in [-0.4, -0.2) is 12.1 Å². The van der Waals surface area contributed by atoms with E-state index < -0.39 is 0 Å². The predicted octanol–water partition coefficient (Wildman–Crippen LogP) is 3.76. The third-order valence-electron chi connectivity index (χ3n) is 2.44. The molecule has 1 aromatic carbocycles. The van der Waals surface area contributed by atoms with Gasteiger partial charge in [0.1, 0.15) is 11.5 Å². The number of nitrogens with zero attached hydrogens (tertiary/aromatic N) is 1. The Balaban J connectivity index is 2.20. The van der Waals surface area contributed by atoms with Crippen LogP contribution >= 0.6 is 11.6 Å². The summed E-state index contributed by atoms with van der Waals surface area (Å²) in [6, 6.07) is 9.58. The molecule has 0 unspecified atom stereocenters. The van der Waals surface area contributed by atoms with Gasteiger partial charge in [-0.2, -0.15) is 0 Å². The Kier molecular flexibility index (Phi) is 4.56. The van der Waals surface area contributed by atoms with Crippen LogP contribution in [0.25, 0.3) is 0 Å². The van der Waals surface area contributed by atoms with E-state index in [1.807, 2.05) is 24.3 Å². The van der Waals surface area contributed by atoms with Crippen LogP contribution in [0.2, 0.25) is 0 Å². The van der Waals surface area contributed by atoms with Crippen molar-refractivity contribution in [1.82, 2.24) is 4.98 Å². The zero-order chi connectivity index (χ0) is 12.8. The summed E-state index contributed by atoms with van der Waals surface area (Å²) in [6.45, 7) is 0.565. The molecule has 0 N–H and O–H groups in total. The van der Waals surface area contributed by atoms with E-state index in [0.717, 1.165) is 22.6 Å². The van der Waals surface area contributed by atoms with Crippen molar-refractivity contribution in [2.24, 2.45) is 0 Å². The molecule has 0 atom stereocenters. The summed E-state index contributed by atoms with van der Waals surface area (Å²) in [5.41, 5.74) is 1.94. The molecule has 1 heterocycles. The number of hydrogen-bond acceptors (Lipinski definition) is 3. The van der Waals surface area contributed by atoms with Gasteiger partial charge in [-0.25, -0.2) is 0 Å². The number of alkyl halides is 1. The van der Waals surface area contributed by atoms with Gasteiger partial charge in [-0.1, -0.05) is 12.1 Å². The van der Waals surface area contributed by atoms with Gasteiger partial charge >= 0.3 is 0 Å². The zero-order valence-electron chi connectivity index (χ0n) is 10.1. The van der Waals surface area contributed by atoms with Crippen molar-refractivity contribution < 1.29 is 9.47 Å². The first kappa shape index (κ1) is 12.9. The Morgan fingerprint density at radius 1 is 1.28 bits per heavy atom. The average Bonchev–Trinajstić information content (AvgIpc) is 2.40. The minimum absolute atomic E-state index is 0.376. The van der Waals surface area contributed by atoms with Crippen molar-refractivity contribution in [3.8, 4) is 11.5 Å². The monoisotopic (exact) mass is 263 g/mol. The van der Waals surface area contributed by atoms with Gasteiger partial charge in [0, 0.05) is 25.1 Å². The predicted molar refractivity (Wildman–Crippen MR) is 71.0 cm³/mol. The molecule has 0 amide bonds. The molecule has 0 saturated carbocycles. The highest BCUT2D eigenvalue weighted by molar-refractivity contribution is 6.17. The third kappa shape index (κ3) is 3.22. The molecule has 0 aliphatic heterocycles. The Hall–Kier alpha value is -1.58. The van der Waals surface area contributed by atoms with Crippen molar-refractivity contribution in [1.29, 1.82) is 0 Å². The molecule has 1 aromatic heterocycles. The van der Waals surface area contributed by atoms with Gasteiger partial charge in [-0.05, 0) is 23.8 Å². The number of rotatable bonds is 5. The molecule has 0 saturated heterocycles. The number of hydrogen-bond donors (Lipinski definition) is 0. The van der Waals surface area contributed by atoms with Crippen LogP contribution in [0.1, 0.15) is 11.1 Å². The van der Waals surface area contributed by atoms with Gasteiger partial charge < -0.3 is 9.47 Å². The molecule has 0 radical (unpaired) electrons. The van der Waals surface area contributed by atoms with E-state index in [2.05, 4.69) is 4.98 Å². The van der Waals surface area contributed by atoms with Crippen molar-refractivity contribution >= 4 is 11.6 Å². The van der Waals surface area contributed by atoms with Gasteiger partial charge in [0.2, 0.25) is 0 Å². The molecule has 0 spiro atoms. The molecule has 0 bridgehead atoms. The zero-order valence-corrected chi connectivity index (χ0v) is 10.9. The Bertz CT molecular complexity index is 517. The van der Waals surface area contributed by atoms with Crippen LogP contribution in [0.5, 0.6) is 11.5 Å². The highest BCUT2D eigenvalue weighted by Gasteiger charge is 2.04. The summed E-state index contributed by atoms with van der Waals surface area (Å²) in [5.74, 6) is 1.87. The fourth-order valence-electron chi connectivity index (χ4n) is 1.61. The van der Waals surface area contributed by atoms with E-state index in [-0.39, 0.29) is 0 Å². The Labute approximate surface area is 111 Å². The van der Waals surface area contributed by atoms with Crippen LogP contribution in [0.15, 0.2) is 42.7 Å². The van der Waals surface area contributed by atoms with E-state index in [1.54, 1.807) is 25.6 Å². The molecule has 0 aliphatic carbocycles. The summed E-state index contributed by atoms with van der Waals surface area (Å²) in [7, 11) is 1.67. The number of methoxy groups -OCH3 is 1. The van der Waals surface area contributed by atoms with Crippen LogP contribution in [0.3, 0.4) is 0 Å². The van der Waals surface area contributed by atoms with Crippen LogP contribution in [-0.2, 0) is 17.2 Å². The van der Waals surface area contributed by atoms with Crippen molar-refractivity contribution in [2.45, 2.75) is 12.5 Å². The minimum Gasteiger partial charge on any atom is -0.457 e. The first-order chi connectivity index (χ1) is 8.83. The van der Waals surface area contributed by atoms with E-state index in [4.69, 9.17) is 21.1 Å². The second-order valence-corrected chi connectivity index (χ2v) is 4.07. The quantitative estimate of drug-likeness (QED) is 0.770. The van der Waals surface area contributed by atoms with E-state index in [0.29, 0.717) is 12.5 Å². The van der Waals surface area contributed by atoms with Crippen LogP contribution < -0.4 is 4.74 Å². The standard InChI is InChI=1S/C14H14ClNO2/c1-17-10-11-3-2-4-13(7-11)18-14-5-6-16-9-12(14)8-15/h2-7,9H,8,10H2,1H3. The molecule has 94 valence electrons. The average molecular weight is 264 g/mol. The molecule has 4 heteroatoms. The summed E-state index contributed by atoms with van der Waals surface area (Å²) in [6.07, 6.45) is 3.39. The van der Waals surface area contributed by atoms with Crippen molar-refractivity contribution in [3.63, 3.8) is 0 Å². The number of pyridine rings is 1. The maximum Gasteiger partial charge on any atom is 0.134 e. The van der Waals surface area contributed by atoms with Gasteiger partial charge in [0.05, 0.1) is 12.5 Å². The Morgan fingerprint density at radius 3 is 2.94 bits per heavy atom. The summed E-state index contributed by atoms with van der Waals surface area (Å²) in [4.78, 5) is 4.02. The van der Waals surface area contributed by atoms with E-state index in [9.17, 15) is 0 Å². The minimum atomic E-state index is 0.376. The van der Waals surface area contributed by atoms with Crippen molar-refractivity contribution in [2.75, 3.05) is 7.11 Å². The lowest BCUT2D eigenvalue weighted by Gasteiger charge is -2.10. The number of halogens is 1. The summed E-state index contributed by atoms with van der Waals surface area (Å²) < 4.78 is 10.9. The smallest absolute Gasteiger partial charge is 0.134 e. The SMILES string of the molecule is COCc1cccc(Oc2ccncc2CCl)c1. The topological polar surface area (TPSA) is 31.4 Å². The highest BCUT2D eigenvalue weighted by atomic mass is 35.5. The lowest BCUT2D eigenvalue weighted by atomic mass is 10.2. The molecule has 18 heavy (non-hydrogen) atoms. The number of benzene rings is 1.